The number of hydrogen-bond acceptors (Lipinski definition) is 4. The van der Waals surface area contributed by atoms with E-state index >= 15 is 0 Å². The minimum absolute atomic E-state index is 0. The zero-order chi connectivity index (χ0) is 25.1. The summed E-state index contributed by atoms with van der Waals surface area (Å²) >= 11 is 10.5. The molecule has 0 saturated carbocycles. The second-order valence-corrected chi connectivity index (χ2v) is 12.7. The summed E-state index contributed by atoms with van der Waals surface area (Å²) in [6, 6.07) is 8.82. The van der Waals surface area contributed by atoms with Gasteiger partial charge in [0.15, 0.2) is 0 Å². The summed E-state index contributed by atoms with van der Waals surface area (Å²) in [6.45, 7) is 4.56. The van der Waals surface area contributed by atoms with Gasteiger partial charge in [-0.3, -0.25) is 0 Å². The van der Waals surface area contributed by atoms with E-state index in [1.54, 1.807) is 4.88 Å². The number of thiophene rings is 2. The Bertz CT molecular complexity index is 646. The number of halogens is 1. The first-order valence-electron chi connectivity index (χ1n) is 13.5. The summed E-state index contributed by atoms with van der Waals surface area (Å²) in [5, 5.41) is 2.18. The first kappa shape index (κ1) is 37.2. The van der Waals surface area contributed by atoms with Crippen LogP contribution in [-0.2, 0) is 12.8 Å². The first-order chi connectivity index (χ1) is 16.7. The second kappa shape index (κ2) is 30.3. The van der Waals surface area contributed by atoms with Gasteiger partial charge in [-0.2, -0.15) is 0 Å². The predicted molar refractivity (Wildman–Crippen MR) is 173 cm³/mol. The van der Waals surface area contributed by atoms with Crippen molar-refractivity contribution in [1.29, 1.82) is 0 Å². The fourth-order valence-electron chi connectivity index (χ4n) is 3.81. The maximum absolute atomic E-state index is 4.34. The molecule has 0 saturated heterocycles. The Morgan fingerprint density at radius 2 is 1.14 bits per heavy atom. The molecule has 0 bridgehead atoms. The molecule has 2 rings (SSSR count). The van der Waals surface area contributed by atoms with E-state index in [2.05, 4.69) is 84.2 Å². The van der Waals surface area contributed by atoms with Gasteiger partial charge in [0.2, 0.25) is 0 Å². The van der Waals surface area contributed by atoms with Crippen LogP contribution in [0.1, 0.15) is 134 Å². The molecular formula is C29H52BBrNS3. The van der Waals surface area contributed by atoms with E-state index in [4.69, 9.17) is 0 Å². The van der Waals surface area contributed by atoms with Gasteiger partial charge < -0.3 is 0 Å². The summed E-state index contributed by atoms with van der Waals surface area (Å²) in [5.74, 6) is 0. The molecule has 0 aliphatic rings. The molecule has 0 aliphatic heterocycles. The van der Waals surface area contributed by atoms with Crippen LogP contribution in [0.25, 0.3) is 0 Å². The van der Waals surface area contributed by atoms with Crippen LogP contribution in [-0.4, -0.2) is 7.64 Å². The third-order valence-electron chi connectivity index (χ3n) is 5.76. The quantitative estimate of drug-likeness (QED) is 0.0991. The van der Waals surface area contributed by atoms with Crippen LogP contribution in [0.3, 0.4) is 0 Å². The number of thiol groups is 1. The average molecular weight is 602 g/mol. The standard InChI is InChI=1S/C14H23BrS.C14H24S.CH4.BHNS/c1-2-3-4-5-6-7-8-9-10-13-11-12-14(15)16-13;1-2-3-4-5-6-7-8-9-11-14-12-10-13-15-14;;1-2-3/h11-12H,2-10H2,1H3;10,12-13H,2-9,11H2,1H3;1H4;3H. The van der Waals surface area contributed by atoms with E-state index < -0.39 is 0 Å². The summed E-state index contributed by atoms with van der Waals surface area (Å²) < 4.78 is 3.96. The van der Waals surface area contributed by atoms with Crippen molar-refractivity contribution in [2.24, 2.45) is 4.30 Å². The van der Waals surface area contributed by atoms with E-state index in [1.807, 2.05) is 22.7 Å². The number of nitrogens with zero attached hydrogens (tertiary/aromatic N) is 1. The zero-order valence-corrected chi connectivity index (χ0v) is 25.9. The van der Waals surface area contributed by atoms with Crippen LogP contribution in [0.15, 0.2) is 37.7 Å². The first-order valence-corrected chi connectivity index (χ1v) is 16.4. The van der Waals surface area contributed by atoms with E-state index in [0.29, 0.717) is 0 Å². The van der Waals surface area contributed by atoms with Gasteiger partial charge in [0, 0.05) is 9.75 Å². The Kier molecular flexibility index (Phi) is 32.3. The fourth-order valence-corrected chi connectivity index (χ4v) is 6.08. The van der Waals surface area contributed by atoms with Gasteiger partial charge in [0.25, 0.3) is 0 Å². The molecule has 2 heterocycles. The Labute approximate surface area is 242 Å². The summed E-state index contributed by atoms with van der Waals surface area (Å²) in [6.07, 6.45) is 25.2. The van der Waals surface area contributed by atoms with Crippen molar-refractivity contribution in [3.05, 3.63) is 43.2 Å². The molecule has 35 heavy (non-hydrogen) atoms. The van der Waals surface area contributed by atoms with Gasteiger partial charge >= 0.3 is 24.8 Å². The van der Waals surface area contributed by atoms with Crippen molar-refractivity contribution in [2.45, 2.75) is 137 Å². The summed E-state index contributed by atoms with van der Waals surface area (Å²) in [7, 11) is 4.34. The molecule has 0 aromatic carbocycles. The van der Waals surface area contributed by atoms with Gasteiger partial charge in [-0.1, -0.05) is 117 Å². The third-order valence-corrected chi connectivity index (χ3v) is 8.38. The molecule has 1 nitrogen and oxygen atoms in total. The van der Waals surface area contributed by atoms with Crippen molar-refractivity contribution in [2.75, 3.05) is 0 Å². The number of rotatable bonds is 18. The Hall–Kier alpha value is 0.0949. The van der Waals surface area contributed by atoms with Gasteiger partial charge in [0.1, 0.15) is 0 Å². The van der Waals surface area contributed by atoms with Crippen LogP contribution in [0, 0.1) is 0 Å². The van der Waals surface area contributed by atoms with E-state index in [0.717, 1.165) is 0 Å². The molecule has 1 radical (unpaired) electrons. The molecule has 6 heteroatoms. The molecule has 0 fully saturated rings. The van der Waals surface area contributed by atoms with E-state index in [9.17, 15) is 0 Å². The molecule has 0 amide bonds. The van der Waals surface area contributed by atoms with Gasteiger partial charge in [-0.15, -0.1) is 22.7 Å². The number of aryl methyl sites for hydroxylation is 2. The van der Waals surface area contributed by atoms with Gasteiger partial charge in [-0.25, -0.2) is 0 Å². The van der Waals surface area contributed by atoms with Crippen molar-refractivity contribution < 1.29 is 0 Å². The van der Waals surface area contributed by atoms with Gasteiger partial charge in [-0.05, 0) is 65.2 Å². The van der Waals surface area contributed by atoms with Crippen LogP contribution < -0.4 is 0 Å². The molecule has 0 N–H and O–H groups in total. The SMILES string of the molecule is C.CCCCCCCCCCc1ccc(Br)s1.CCCCCCCCCCc1cccs1.[B]=NS. The van der Waals surface area contributed by atoms with E-state index in [-0.39, 0.29) is 7.43 Å². The summed E-state index contributed by atoms with van der Waals surface area (Å²) in [4.78, 5) is 3.08. The summed E-state index contributed by atoms with van der Waals surface area (Å²) in [5.41, 5.74) is 0. The van der Waals surface area contributed by atoms with E-state index in [1.165, 1.54) is 124 Å². The van der Waals surface area contributed by atoms with Gasteiger partial charge in [0.05, 0.1) is 3.79 Å². The molecule has 0 aliphatic carbocycles. The number of unbranched alkanes of at least 4 members (excludes halogenated alkanes) is 14. The predicted octanol–water partition coefficient (Wildman–Crippen LogP) is 12.4. The fraction of sp³-hybridized carbons (Fsp3) is 0.724. The monoisotopic (exact) mass is 600 g/mol. The van der Waals surface area contributed by atoms with Crippen LogP contribution in [0.2, 0.25) is 0 Å². The normalized spacial score (nSPS) is 9.91. The molecule has 201 valence electrons. The molecule has 2 aromatic rings. The molecule has 2 aromatic heterocycles. The molecule has 0 spiro atoms. The van der Waals surface area contributed by atoms with Crippen LogP contribution >= 0.6 is 51.4 Å². The van der Waals surface area contributed by atoms with Crippen LogP contribution in [0.4, 0.5) is 0 Å². The number of hydrogen-bond donors (Lipinski definition) is 1. The third kappa shape index (κ3) is 27.0. The topological polar surface area (TPSA) is 12.4 Å². The molecule has 0 unspecified atom stereocenters. The molecule has 0 atom stereocenters. The molecular weight excluding hydrogens is 549 g/mol. The average Bonchev–Trinajstić information content (AvgIpc) is 3.50. The Balaban J connectivity index is 0. The van der Waals surface area contributed by atoms with Crippen molar-refractivity contribution in [3.8, 4) is 0 Å². The van der Waals surface area contributed by atoms with Crippen molar-refractivity contribution >= 4 is 59.1 Å². The second-order valence-electron chi connectivity index (χ2n) is 8.85. The Morgan fingerprint density at radius 3 is 1.51 bits per heavy atom. The maximum atomic E-state index is 4.34. The van der Waals surface area contributed by atoms with Crippen LogP contribution in [0.5, 0.6) is 0 Å². The minimum atomic E-state index is 0. The Morgan fingerprint density at radius 1 is 0.714 bits per heavy atom. The van der Waals surface area contributed by atoms with Crippen molar-refractivity contribution in [1.82, 2.24) is 0 Å². The zero-order valence-electron chi connectivity index (χ0n) is 21.8. The van der Waals surface area contributed by atoms with Crippen molar-refractivity contribution in [3.63, 3.8) is 0 Å².